The smallest absolute Gasteiger partial charge is 0.339 e. The van der Waals surface area contributed by atoms with Gasteiger partial charge in [-0.1, -0.05) is 35.5 Å². The van der Waals surface area contributed by atoms with Crippen LogP contribution in [0, 0.1) is 0 Å². The summed E-state index contributed by atoms with van der Waals surface area (Å²) >= 11 is 7.30. The molecule has 0 unspecified atom stereocenters. The van der Waals surface area contributed by atoms with E-state index in [0.717, 1.165) is 0 Å². The SMILES string of the molecule is COC(=O)c1ccccc1NC(=O)c1cnc(SC)nc1Cl. The molecular formula is C14H12ClN3O3S. The Hall–Kier alpha value is -2.12. The molecule has 6 nitrogen and oxygen atoms in total. The van der Waals surface area contributed by atoms with Crippen LogP contribution < -0.4 is 5.32 Å². The maximum absolute atomic E-state index is 12.3. The maximum atomic E-state index is 12.3. The molecule has 0 saturated carbocycles. The highest BCUT2D eigenvalue weighted by molar-refractivity contribution is 7.98. The molecular weight excluding hydrogens is 326 g/mol. The van der Waals surface area contributed by atoms with Crippen LogP contribution in [0.3, 0.4) is 0 Å². The molecule has 1 N–H and O–H groups in total. The number of rotatable bonds is 4. The minimum Gasteiger partial charge on any atom is -0.465 e. The third-order valence-electron chi connectivity index (χ3n) is 2.73. The van der Waals surface area contributed by atoms with E-state index in [-0.39, 0.29) is 16.3 Å². The number of aromatic nitrogens is 2. The zero-order valence-corrected chi connectivity index (χ0v) is 13.4. The van der Waals surface area contributed by atoms with E-state index in [9.17, 15) is 9.59 Å². The molecule has 0 aliphatic carbocycles. The molecule has 0 aliphatic heterocycles. The number of nitrogens with one attached hydrogen (secondary N) is 1. The molecule has 1 heterocycles. The fourth-order valence-corrected chi connectivity index (χ4v) is 2.27. The first-order valence-electron chi connectivity index (χ1n) is 6.12. The lowest BCUT2D eigenvalue weighted by Crippen LogP contribution is -2.16. The molecule has 0 fully saturated rings. The molecule has 1 amide bonds. The zero-order valence-electron chi connectivity index (χ0n) is 11.8. The topological polar surface area (TPSA) is 81.2 Å². The number of halogens is 1. The predicted molar refractivity (Wildman–Crippen MR) is 84.6 cm³/mol. The number of carbonyl (C=O) groups is 2. The van der Waals surface area contributed by atoms with Crippen molar-refractivity contribution >= 4 is 40.9 Å². The van der Waals surface area contributed by atoms with Crippen molar-refractivity contribution in [3.05, 3.63) is 46.7 Å². The predicted octanol–water partition coefficient (Wildman–Crippen LogP) is 2.89. The second-order valence-corrected chi connectivity index (χ2v) is 5.18. The molecule has 8 heteroatoms. The number of hydrogen-bond donors (Lipinski definition) is 1. The Morgan fingerprint density at radius 3 is 2.64 bits per heavy atom. The molecule has 0 radical (unpaired) electrons. The number of hydrogen-bond acceptors (Lipinski definition) is 6. The normalized spacial score (nSPS) is 10.1. The third-order valence-corrected chi connectivity index (χ3v) is 3.58. The highest BCUT2D eigenvalue weighted by Gasteiger charge is 2.17. The first-order valence-corrected chi connectivity index (χ1v) is 7.72. The molecule has 1 aromatic carbocycles. The Bertz CT molecular complexity index is 724. The van der Waals surface area contributed by atoms with Crippen molar-refractivity contribution < 1.29 is 14.3 Å². The number of anilines is 1. The van der Waals surface area contributed by atoms with E-state index in [1.54, 1.807) is 30.5 Å². The third kappa shape index (κ3) is 3.55. The number of carbonyl (C=O) groups excluding carboxylic acids is 2. The summed E-state index contributed by atoms with van der Waals surface area (Å²) in [5.41, 5.74) is 0.694. The van der Waals surface area contributed by atoms with E-state index in [1.165, 1.54) is 25.1 Å². The second-order valence-electron chi connectivity index (χ2n) is 4.05. The summed E-state index contributed by atoms with van der Waals surface area (Å²) < 4.78 is 4.67. The van der Waals surface area contributed by atoms with E-state index in [0.29, 0.717) is 10.8 Å². The molecule has 2 rings (SSSR count). The van der Waals surface area contributed by atoms with Gasteiger partial charge in [0.15, 0.2) is 5.16 Å². The largest absolute Gasteiger partial charge is 0.465 e. The quantitative estimate of drug-likeness (QED) is 0.400. The number of nitrogens with zero attached hydrogens (tertiary/aromatic N) is 2. The minimum atomic E-state index is -0.545. The lowest BCUT2D eigenvalue weighted by Gasteiger charge is -2.10. The molecule has 1 aromatic heterocycles. The standard InChI is InChI=1S/C14H12ClN3O3S/c1-21-13(20)8-5-3-4-6-10(8)17-12(19)9-7-16-14(22-2)18-11(9)15/h3-7H,1-2H3,(H,17,19). The molecule has 0 spiro atoms. The van der Waals surface area contributed by atoms with Gasteiger partial charge in [-0.2, -0.15) is 0 Å². The van der Waals surface area contributed by atoms with Gasteiger partial charge >= 0.3 is 5.97 Å². The summed E-state index contributed by atoms with van der Waals surface area (Å²) in [4.78, 5) is 31.9. The van der Waals surface area contributed by atoms with E-state index < -0.39 is 11.9 Å². The van der Waals surface area contributed by atoms with Crippen LogP contribution in [0.15, 0.2) is 35.6 Å². The van der Waals surface area contributed by atoms with Gasteiger partial charge in [0.05, 0.1) is 23.9 Å². The Labute approximate surface area is 136 Å². The van der Waals surface area contributed by atoms with Crippen molar-refractivity contribution in [2.24, 2.45) is 0 Å². The average Bonchev–Trinajstić information content (AvgIpc) is 2.54. The van der Waals surface area contributed by atoms with Gasteiger partial charge in [0.25, 0.3) is 5.91 Å². The van der Waals surface area contributed by atoms with Gasteiger partial charge in [-0.25, -0.2) is 14.8 Å². The van der Waals surface area contributed by atoms with Crippen LogP contribution in [0.5, 0.6) is 0 Å². The molecule has 114 valence electrons. The molecule has 2 aromatic rings. The van der Waals surface area contributed by atoms with Crippen LogP contribution >= 0.6 is 23.4 Å². The van der Waals surface area contributed by atoms with Gasteiger partial charge in [0, 0.05) is 6.20 Å². The summed E-state index contributed by atoms with van der Waals surface area (Å²) in [6, 6.07) is 6.51. The molecule has 0 atom stereocenters. The Kier molecular flexibility index (Phi) is 5.35. The summed E-state index contributed by atoms with van der Waals surface area (Å²) in [6.07, 6.45) is 3.15. The Balaban J connectivity index is 2.28. The first-order chi connectivity index (χ1) is 10.6. The zero-order chi connectivity index (χ0) is 16.1. The summed E-state index contributed by atoms with van der Waals surface area (Å²) in [5, 5.41) is 3.13. The van der Waals surface area contributed by atoms with E-state index in [2.05, 4.69) is 20.0 Å². The lowest BCUT2D eigenvalue weighted by molar-refractivity contribution is 0.0602. The van der Waals surface area contributed by atoms with Crippen LogP contribution in [-0.2, 0) is 4.74 Å². The Morgan fingerprint density at radius 1 is 1.27 bits per heavy atom. The van der Waals surface area contributed by atoms with Gasteiger partial charge in [-0.3, -0.25) is 4.79 Å². The number of ether oxygens (including phenoxy) is 1. The van der Waals surface area contributed by atoms with Crippen molar-refractivity contribution in [2.45, 2.75) is 5.16 Å². The van der Waals surface area contributed by atoms with Gasteiger partial charge < -0.3 is 10.1 Å². The van der Waals surface area contributed by atoms with Crippen molar-refractivity contribution in [1.82, 2.24) is 9.97 Å². The molecule has 0 saturated heterocycles. The van der Waals surface area contributed by atoms with Gasteiger partial charge in [0.1, 0.15) is 5.15 Å². The van der Waals surface area contributed by atoms with Crippen LogP contribution in [0.2, 0.25) is 5.15 Å². The first kappa shape index (κ1) is 16.3. The highest BCUT2D eigenvalue weighted by atomic mass is 35.5. The van der Waals surface area contributed by atoms with Gasteiger partial charge in [-0.05, 0) is 18.4 Å². The van der Waals surface area contributed by atoms with E-state index in [1.807, 2.05) is 0 Å². The summed E-state index contributed by atoms with van der Waals surface area (Å²) in [7, 11) is 1.27. The van der Waals surface area contributed by atoms with Crippen LogP contribution in [0.1, 0.15) is 20.7 Å². The fourth-order valence-electron chi connectivity index (χ4n) is 1.67. The summed E-state index contributed by atoms with van der Waals surface area (Å²) in [5.74, 6) is -1.05. The lowest BCUT2D eigenvalue weighted by atomic mass is 10.1. The summed E-state index contributed by atoms with van der Waals surface area (Å²) in [6.45, 7) is 0. The number of amides is 1. The number of esters is 1. The number of methoxy groups -OCH3 is 1. The maximum Gasteiger partial charge on any atom is 0.339 e. The van der Waals surface area contributed by atoms with E-state index >= 15 is 0 Å². The second kappa shape index (κ2) is 7.24. The highest BCUT2D eigenvalue weighted by Crippen LogP contribution is 2.20. The molecule has 22 heavy (non-hydrogen) atoms. The van der Waals surface area contributed by atoms with E-state index in [4.69, 9.17) is 11.6 Å². The minimum absolute atomic E-state index is 0.0485. The van der Waals surface area contributed by atoms with Crippen molar-refractivity contribution in [1.29, 1.82) is 0 Å². The average molecular weight is 338 g/mol. The molecule has 0 aliphatic rings. The fraction of sp³-hybridized carbons (Fsp3) is 0.143. The number of thioether (sulfide) groups is 1. The number of benzene rings is 1. The van der Waals surface area contributed by atoms with Crippen molar-refractivity contribution in [3.8, 4) is 0 Å². The van der Waals surface area contributed by atoms with Crippen LogP contribution in [0.25, 0.3) is 0 Å². The van der Waals surface area contributed by atoms with Crippen LogP contribution in [-0.4, -0.2) is 35.2 Å². The van der Waals surface area contributed by atoms with Gasteiger partial charge in [0.2, 0.25) is 0 Å². The van der Waals surface area contributed by atoms with Gasteiger partial charge in [-0.15, -0.1) is 0 Å². The van der Waals surface area contributed by atoms with Crippen molar-refractivity contribution in [2.75, 3.05) is 18.7 Å². The van der Waals surface area contributed by atoms with Crippen LogP contribution in [0.4, 0.5) is 5.69 Å². The van der Waals surface area contributed by atoms with Crippen molar-refractivity contribution in [3.63, 3.8) is 0 Å². The molecule has 0 bridgehead atoms. The monoisotopic (exact) mass is 337 g/mol. The number of para-hydroxylation sites is 1. The Morgan fingerprint density at radius 2 is 2.00 bits per heavy atom.